The molecule has 6 atom stereocenters. The number of fused-ring (bicyclic) bond motifs is 1. The van der Waals surface area contributed by atoms with Crippen LogP contribution in [0.15, 0.2) is 18.2 Å². The van der Waals surface area contributed by atoms with Gasteiger partial charge >= 0.3 is 23.9 Å². The van der Waals surface area contributed by atoms with Gasteiger partial charge in [0.05, 0.1) is 40.5 Å². The van der Waals surface area contributed by atoms with Gasteiger partial charge in [0.1, 0.15) is 11.6 Å². The highest BCUT2D eigenvalue weighted by Crippen LogP contribution is 2.63. The first kappa shape index (κ1) is 30.1. The molecule has 3 N–H and O–H groups in total. The maximum Gasteiger partial charge on any atom is 0.332 e. The Morgan fingerprint density at radius 3 is 2.08 bits per heavy atom. The van der Waals surface area contributed by atoms with Gasteiger partial charge in [0.15, 0.2) is 0 Å². The summed E-state index contributed by atoms with van der Waals surface area (Å²) in [5.41, 5.74) is 5.13. The first-order chi connectivity index (χ1) is 17.8. The Morgan fingerprint density at radius 1 is 0.947 bits per heavy atom. The molecule has 1 aromatic rings. The fourth-order valence-electron chi connectivity index (χ4n) is 4.50. The number of nitrogens with two attached hydrogens (primary N) is 1. The molecule has 2 aliphatic rings. The molecule has 0 aliphatic heterocycles. The van der Waals surface area contributed by atoms with Crippen LogP contribution >= 0.6 is 23.2 Å². The predicted molar refractivity (Wildman–Crippen MR) is 132 cm³/mol. The summed E-state index contributed by atoms with van der Waals surface area (Å²) in [6.45, 7) is 5.05. The van der Waals surface area contributed by atoms with E-state index in [1.807, 2.05) is 0 Å². The van der Waals surface area contributed by atoms with Crippen LogP contribution in [0.5, 0.6) is 0 Å². The van der Waals surface area contributed by atoms with Crippen LogP contribution < -0.4 is 5.73 Å². The number of hydrogen-bond acceptors (Lipinski definition) is 11. The van der Waals surface area contributed by atoms with E-state index in [1.54, 1.807) is 45.9 Å². The van der Waals surface area contributed by atoms with Crippen molar-refractivity contribution in [2.45, 2.75) is 52.0 Å². The molecule has 38 heavy (non-hydrogen) atoms. The number of aliphatic hydroxyl groups is 1. The lowest BCUT2D eigenvalue weighted by Gasteiger charge is -2.34. The van der Waals surface area contributed by atoms with Crippen molar-refractivity contribution in [2.24, 2.45) is 35.3 Å². The van der Waals surface area contributed by atoms with Gasteiger partial charge in [-0.15, -0.1) is 0 Å². The molecule has 0 heterocycles. The molecule has 0 amide bonds. The van der Waals surface area contributed by atoms with Crippen molar-refractivity contribution in [3.63, 3.8) is 0 Å². The molecule has 0 radical (unpaired) electrons. The Morgan fingerprint density at radius 2 is 1.53 bits per heavy atom. The number of carbonyl (C=O) groups is 4. The van der Waals surface area contributed by atoms with Gasteiger partial charge in [0, 0.05) is 11.8 Å². The van der Waals surface area contributed by atoms with E-state index in [-0.39, 0.29) is 11.6 Å². The second-order valence-electron chi connectivity index (χ2n) is 9.90. The molecule has 0 bridgehead atoms. The zero-order valence-electron chi connectivity index (χ0n) is 21.3. The van der Waals surface area contributed by atoms with Crippen LogP contribution in [0.25, 0.3) is 0 Å². The molecule has 13 heteroatoms. The Labute approximate surface area is 229 Å². The molecular formula is C25H31Cl2NO10. The van der Waals surface area contributed by atoms with E-state index < -0.39 is 84.8 Å². The first-order valence-corrected chi connectivity index (χ1v) is 12.8. The van der Waals surface area contributed by atoms with Crippen LogP contribution in [-0.2, 0) is 49.5 Å². The third-order valence-corrected chi connectivity index (χ3v) is 7.32. The average Bonchev–Trinajstić information content (AvgIpc) is 3.57. The van der Waals surface area contributed by atoms with Gasteiger partial charge < -0.3 is 34.5 Å². The summed E-state index contributed by atoms with van der Waals surface area (Å²) in [7, 11) is 0. The molecular weight excluding hydrogens is 545 g/mol. The molecule has 2 saturated carbocycles. The third kappa shape index (κ3) is 6.23. The number of hydrogen-bond donors (Lipinski definition) is 2. The van der Waals surface area contributed by atoms with E-state index in [0.29, 0.717) is 10.6 Å². The van der Waals surface area contributed by atoms with Crippen LogP contribution in [0.2, 0.25) is 10.0 Å². The number of carbonyl (C=O) groups excluding carboxylic acids is 4. The van der Waals surface area contributed by atoms with Crippen LogP contribution in [-0.4, -0.2) is 60.3 Å². The summed E-state index contributed by atoms with van der Waals surface area (Å²) in [5, 5.41) is 11.6. The number of ether oxygens (including phenoxy) is 5. The minimum Gasteiger partial charge on any atom is -0.428 e. The van der Waals surface area contributed by atoms with Crippen molar-refractivity contribution >= 4 is 47.1 Å². The van der Waals surface area contributed by atoms with Crippen molar-refractivity contribution in [3.05, 3.63) is 33.8 Å². The van der Waals surface area contributed by atoms with Gasteiger partial charge in [-0.1, -0.05) is 57.0 Å². The highest BCUT2D eigenvalue weighted by Gasteiger charge is 2.79. The molecule has 1 aromatic carbocycles. The third-order valence-electron chi connectivity index (χ3n) is 6.58. The highest BCUT2D eigenvalue weighted by atomic mass is 35.5. The summed E-state index contributed by atoms with van der Waals surface area (Å²) in [6, 6.07) is 4.78. The molecule has 11 nitrogen and oxygen atoms in total. The summed E-state index contributed by atoms with van der Waals surface area (Å²) in [5.74, 6) is -6.50. The van der Waals surface area contributed by atoms with Crippen molar-refractivity contribution in [1.29, 1.82) is 0 Å². The van der Waals surface area contributed by atoms with Gasteiger partial charge in [-0.25, -0.2) is 4.79 Å². The molecule has 210 valence electrons. The van der Waals surface area contributed by atoms with Crippen LogP contribution in [0.1, 0.15) is 33.3 Å². The van der Waals surface area contributed by atoms with Crippen molar-refractivity contribution in [3.8, 4) is 0 Å². The second-order valence-corrected chi connectivity index (χ2v) is 10.7. The van der Waals surface area contributed by atoms with Crippen LogP contribution in [0.3, 0.4) is 0 Å². The molecule has 0 saturated heterocycles. The highest BCUT2D eigenvalue weighted by molar-refractivity contribution is 6.42. The summed E-state index contributed by atoms with van der Waals surface area (Å²) in [4.78, 5) is 49.2. The minimum absolute atomic E-state index is 0.0904. The van der Waals surface area contributed by atoms with Crippen LogP contribution in [0, 0.1) is 29.6 Å². The standard InChI is InChI=1S/C25H31Cl2NO10/c1-11(2)21(30)35-9-37-23(32)17-16-18(17)25(28,24(33)38-10-36-22(31)12(3)4)20(19(16)29)34-8-13-5-6-14(26)15(27)7-13/h5-7,11-12,16-20,29H,8-10,28H2,1-4H3/t16?,17?,18?,19-,20?,25+/m0/s1. The van der Waals surface area contributed by atoms with Crippen molar-refractivity contribution in [1.82, 2.24) is 0 Å². The quantitative estimate of drug-likeness (QED) is 0.294. The maximum atomic E-state index is 13.2. The van der Waals surface area contributed by atoms with Gasteiger partial charge in [0.2, 0.25) is 13.6 Å². The van der Waals surface area contributed by atoms with E-state index in [4.69, 9.17) is 52.6 Å². The summed E-state index contributed by atoms with van der Waals surface area (Å²) < 4.78 is 25.8. The number of halogens is 2. The van der Waals surface area contributed by atoms with E-state index in [1.165, 1.54) is 0 Å². The lowest BCUT2D eigenvalue weighted by molar-refractivity contribution is -0.181. The molecule has 0 aromatic heterocycles. The van der Waals surface area contributed by atoms with E-state index in [2.05, 4.69) is 0 Å². The predicted octanol–water partition coefficient (Wildman–Crippen LogP) is 2.21. The maximum absolute atomic E-state index is 13.2. The lowest BCUT2D eigenvalue weighted by atomic mass is 9.87. The van der Waals surface area contributed by atoms with Crippen molar-refractivity contribution in [2.75, 3.05) is 13.6 Å². The minimum atomic E-state index is -1.98. The monoisotopic (exact) mass is 575 g/mol. The van der Waals surface area contributed by atoms with Crippen molar-refractivity contribution < 1.29 is 48.0 Å². The summed E-state index contributed by atoms with van der Waals surface area (Å²) in [6.07, 6.45) is -2.61. The zero-order chi connectivity index (χ0) is 28.4. The van der Waals surface area contributed by atoms with Gasteiger partial charge in [-0.05, 0) is 17.7 Å². The van der Waals surface area contributed by atoms with Crippen LogP contribution in [0.4, 0.5) is 0 Å². The summed E-state index contributed by atoms with van der Waals surface area (Å²) >= 11 is 12.0. The Balaban J connectivity index is 1.73. The Bertz CT molecular complexity index is 1080. The molecule has 2 aliphatic carbocycles. The topological polar surface area (TPSA) is 161 Å². The van der Waals surface area contributed by atoms with E-state index >= 15 is 0 Å². The second kappa shape index (κ2) is 12.2. The Hall–Kier alpha value is -2.44. The first-order valence-electron chi connectivity index (χ1n) is 12.0. The fraction of sp³-hybridized carbons (Fsp3) is 0.600. The molecule has 4 unspecified atom stereocenters. The smallest absolute Gasteiger partial charge is 0.332 e. The van der Waals surface area contributed by atoms with E-state index in [0.717, 1.165) is 0 Å². The van der Waals surface area contributed by atoms with Gasteiger partial charge in [0.25, 0.3) is 0 Å². The molecule has 0 spiro atoms. The SMILES string of the molecule is CC(C)C(=O)OCOC(=O)C1C2C1[C@](N)(C(=O)OCOC(=O)C(C)C)C(OCc1ccc(Cl)c(Cl)c1)[C@H]2O. The molecule has 3 rings (SSSR count). The zero-order valence-corrected chi connectivity index (χ0v) is 22.9. The number of benzene rings is 1. The van der Waals surface area contributed by atoms with E-state index in [9.17, 15) is 24.3 Å². The fourth-order valence-corrected chi connectivity index (χ4v) is 4.82. The number of esters is 4. The number of rotatable bonds is 11. The number of aliphatic hydroxyl groups excluding tert-OH is 1. The van der Waals surface area contributed by atoms with Gasteiger partial charge in [-0.2, -0.15) is 0 Å². The Kier molecular flexibility index (Phi) is 9.64. The lowest BCUT2D eigenvalue weighted by Crippen LogP contribution is -2.62. The normalized spacial score (nSPS) is 27.6. The molecule has 2 fully saturated rings. The average molecular weight is 576 g/mol. The van der Waals surface area contributed by atoms with Gasteiger partial charge in [-0.3, -0.25) is 14.4 Å². The largest absolute Gasteiger partial charge is 0.428 e.